The van der Waals surface area contributed by atoms with E-state index in [1.54, 1.807) is 12.1 Å². The van der Waals surface area contributed by atoms with E-state index in [1.807, 2.05) is 49.1 Å². The summed E-state index contributed by atoms with van der Waals surface area (Å²) < 4.78 is 0. The molecule has 4 rings (SSSR count). The largest absolute Gasteiger partial charge is 0.478 e. The van der Waals surface area contributed by atoms with E-state index in [-0.39, 0.29) is 11.5 Å². The summed E-state index contributed by atoms with van der Waals surface area (Å²) in [6, 6.07) is 24.5. The van der Waals surface area contributed by atoms with Crippen molar-refractivity contribution < 1.29 is 14.7 Å². The smallest absolute Gasteiger partial charge is 0.335 e. The molecule has 0 saturated carbocycles. The molecular formula is C25H22N2O3S. The number of carbonyl (C=O) groups excluding carboxylic acids is 1. The van der Waals surface area contributed by atoms with Crippen LogP contribution in [0.5, 0.6) is 0 Å². The molecule has 0 unspecified atom stereocenters. The Balaban J connectivity index is 1.61. The predicted molar refractivity (Wildman–Crippen MR) is 126 cm³/mol. The predicted octanol–water partition coefficient (Wildman–Crippen LogP) is 4.89. The van der Waals surface area contributed by atoms with Crippen LogP contribution in [0.15, 0.2) is 78.9 Å². The molecule has 1 fully saturated rings. The molecule has 1 aliphatic heterocycles. The normalized spacial score (nSPS) is 15.4. The lowest BCUT2D eigenvalue weighted by molar-refractivity contribution is -0.120. The first kappa shape index (κ1) is 20.8. The van der Waals surface area contributed by atoms with Crippen LogP contribution in [0.3, 0.4) is 0 Å². The first-order valence-corrected chi connectivity index (χ1v) is 10.3. The van der Waals surface area contributed by atoms with Gasteiger partial charge in [-0.3, -0.25) is 9.69 Å². The van der Waals surface area contributed by atoms with E-state index < -0.39 is 11.5 Å². The highest BCUT2D eigenvalue weighted by atomic mass is 32.1. The molecular weight excluding hydrogens is 408 g/mol. The molecule has 6 heteroatoms. The molecule has 0 spiro atoms. The summed E-state index contributed by atoms with van der Waals surface area (Å²) in [6.07, 6.45) is 0.829. The van der Waals surface area contributed by atoms with Crippen molar-refractivity contribution in [1.29, 1.82) is 0 Å². The first-order chi connectivity index (χ1) is 14.8. The van der Waals surface area contributed by atoms with Crippen molar-refractivity contribution in [2.45, 2.75) is 25.8 Å². The highest BCUT2D eigenvalue weighted by Crippen LogP contribution is 2.36. The molecule has 1 aliphatic rings. The average molecular weight is 431 g/mol. The van der Waals surface area contributed by atoms with Gasteiger partial charge in [-0.2, -0.15) is 0 Å². The molecule has 156 valence electrons. The number of amides is 1. The second-order valence-corrected chi connectivity index (χ2v) is 8.36. The fourth-order valence-electron chi connectivity index (χ4n) is 3.80. The van der Waals surface area contributed by atoms with E-state index >= 15 is 0 Å². The maximum absolute atomic E-state index is 13.2. The highest BCUT2D eigenvalue weighted by Gasteiger charge is 2.50. The van der Waals surface area contributed by atoms with Gasteiger partial charge in [-0.05, 0) is 80.0 Å². The van der Waals surface area contributed by atoms with E-state index in [1.165, 1.54) is 28.2 Å². The summed E-state index contributed by atoms with van der Waals surface area (Å²) in [5.41, 5.74) is 3.08. The van der Waals surface area contributed by atoms with Crippen molar-refractivity contribution in [3.8, 4) is 0 Å². The van der Waals surface area contributed by atoms with E-state index in [4.69, 9.17) is 17.3 Å². The van der Waals surface area contributed by atoms with Crippen LogP contribution in [0.1, 0.15) is 35.3 Å². The summed E-state index contributed by atoms with van der Waals surface area (Å²) in [6.45, 7) is 3.68. The Bertz CT molecular complexity index is 1140. The monoisotopic (exact) mass is 430 g/mol. The van der Waals surface area contributed by atoms with Gasteiger partial charge in [0, 0.05) is 5.69 Å². The van der Waals surface area contributed by atoms with E-state index in [9.17, 15) is 9.59 Å². The van der Waals surface area contributed by atoms with Gasteiger partial charge in [-0.1, -0.05) is 42.5 Å². The SMILES string of the molecule is CC1(C)C(=O)N(c2ccc(C(=O)O)cc2)C(=S)N1c1ccc(Cc2ccccc2)cc1. The third-order valence-corrected chi connectivity index (χ3v) is 5.85. The minimum Gasteiger partial charge on any atom is -0.478 e. The summed E-state index contributed by atoms with van der Waals surface area (Å²) >= 11 is 5.69. The maximum Gasteiger partial charge on any atom is 0.335 e. The fourth-order valence-corrected chi connectivity index (χ4v) is 4.33. The molecule has 1 saturated heterocycles. The van der Waals surface area contributed by atoms with Crippen LogP contribution < -0.4 is 9.80 Å². The van der Waals surface area contributed by atoms with Gasteiger partial charge < -0.3 is 10.0 Å². The van der Waals surface area contributed by atoms with E-state index in [2.05, 4.69) is 24.3 Å². The summed E-state index contributed by atoms with van der Waals surface area (Å²) in [4.78, 5) is 27.7. The molecule has 0 aliphatic carbocycles. The molecule has 0 bridgehead atoms. The minimum absolute atomic E-state index is 0.158. The van der Waals surface area contributed by atoms with Gasteiger partial charge in [0.2, 0.25) is 0 Å². The number of anilines is 2. The van der Waals surface area contributed by atoms with Crippen molar-refractivity contribution in [3.63, 3.8) is 0 Å². The topological polar surface area (TPSA) is 60.9 Å². The Labute approximate surface area is 186 Å². The van der Waals surface area contributed by atoms with Crippen LogP contribution in [-0.4, -0.2) is 27.6 Å². The van der Waals surface area contributed by atoms with Crippen molar-refractivity contribution in [2.24, 2.45) is 0 Å². The van der Waals surface area contributed by atoms with Crippen molar-refractivity contribution in [1.82, 2.24) is 0 Å². The standard InChI is InChI=1S/C25H22N2O3S/c1-25(2)23(30)26(20-14-10-19(11-15-20)22(28)29)24(31)27(25)21-12-8-18(9-13-21)16-17-6-4-3-5-7-17/h3-15H,16H2,1-2H3,(H,28,29). The first-order valence-electron chi connectivity index (χ1n) is 9.94. The maximum atomic E-state index is 13.2. The number of hydrogen-bond acceptors (Lipinski definition) is 3. The van der Waals surface area contributed by atoms with Gasteiger partial charge in [0.25, 0.3) is 5.91 Å². The van der Waals surface area contributed by atoms with Gasteiger partial charge >= 0.3 is 5.97 Å². The summed E-state index contributed by atoms with van der Waals surface area (Å²) in [5, 5.41) is 9.49. The van der Waals surface area contributed by atoms with Crippen LogP contribution in [0, 0.1) is 0 Å². The molecule has 31 heavy (non-hydrogen) atoms. The van der Waals surface area contributed by atoms with Crippen LogP contribution >= 0.6 is 12.2 Å². The summed E-state index contributed by atoms with van der Waals surface area (Å²) in [7, 11) is 0. The Kier molecular flexibility index (Phi) is 5.33. The molecule has 0 atom stereocenters. The Morgan fingerprint density at radius 2 is 1.42 bits per heavy atom. The zero-order valence-electron chi connectivity index (χ0n) is 17.3. The number of carboxylic acids is 1. The molecule has 5 nitrogen and oxygen atoms in total. The highest BCUT2D eigenvalue weighted by molar-refractivity contribution is 7.81. The number of rotatable bonds is 5. The molecule has 3 aromatic rings. The number of aromatic carboxylic acids is 1. The molecule has 1 heterocycles. The Morgan fingerprint density at radius 1 is 0.871 bits per heavy atom. The average Bonchev–Trinajstić information content (AvgIpc) is 2.93. The summed E-state index contributed by atoms with van der Waals surface area (Å²) in [5.74, 6) is -1.17. The van der Waals surface area contributed by atoms with Crippen LogP contribution in [-0.2, 0) is 11.2 Å². The molecule has 0 radical (unpaired) electrons. The number of carbonyl (C=O) groups is 2. The lowest BCUT2D eigenvalue weighted by atomic mass is 10.0. The van der Waals surface area contributed by atoms with Crippen molar-refractivity contribution in [3.05, 3.63) is 95.6 Å². The van der Waals surface area contributed by atoms with Crippen molar-refractivity contribution in [2.75, 3.05) is 9.80 Å². The number of benzene rings is 3. The second kappa shape index (κ2) is 7.96. The van der Waals surface area contributed by atoms with Gasteiger partial charge in [0.1, 0.15) is 5.54 Å². The Hall–Kier alpha value is -3.51. The lowest BCUT2D eigenvalue weighted by Gasteiger charge is -2.29. The lowest BCUT2D eigenvalue weighted by Crippen LogP contribution is -2.44. The van der Waals surface area contributed by atoms with Crippen LogP contribution in [0.25, 0.3) is 0 Å². The van der Waals surface area contributed by atoms with Gasteiger partial charge in [-0.15, -0.1) is 0 Å². The third kappa shape index (κ3) is 3.82. The van der Waals surface area contributed by atoms with Crippen molar-refractivity contribution >= 4 is 40.6 Å². The zero-order valence-corrected chi connectivity index (χ0v) is 18.1. The van der Waals surface area contributed by atoms with E-state index in [0.29, 0.717) is 10.8 Å². The minimum atomic E-state index is -1.01. The second-order valence-electron chi connectivity index (χ2n) is 8.00. The van der Waals surface area contributed by atoms with Gasteiger partial charge in [0.05, 0.1) is 11.3 Å². The van der Waals surface area contributed by atoms with Crippen LogP contribution in [0.4, 0.5) is 11.4 Å². The van der Waals surface area contributed by atoms with Gasteiger partial charge in [0.15, 0.2) is 5.11 Å². The number of hydrogen-bond donors (Lipinski definition) is 1. The molecule has 1 N–H and O–H groups in total. The third-order valence-electron chi connectivity index (χ3n) is 5.49. The van der Waals surface area contributed by atoms with E-state index in [0.717, 1.165) is 12.1 Å². The molecule has 0 aromatic heterocycles. The molecule has 3 aromatic carbocycles. The quantitative estimate of drug-likeness (QED) is 0.584. The van der Waals surface area contributed by atoms with Crippen LogP contribution in [0.2, 0.25) is 0 Å². The molecule has 1 amide bonds. The fraction of sp³-hybridized carbons (Fsp3) is 0.160. The van der Waals surface area contributed by atoms with Gasteiger partial charge in [-0.25, -0.2) is 4.79 Å². The Morgan fingerprint density at radius 3 is 2.00 bits per heavy atom. The zero-order chi connectivity index (χ0) is 22.2. The number of carboxylic acid groups (broad SMARTS) is 1. The number of nitrogens with zero attached hydrogens (tertiary/aromatic N) is 2. The number of thiocarbonyl (C=S) groups is 1.